The van der Waals surface area contributed by atoms with Crippen molar-refractivity contribution in [2.45, 2.75) is 0 Å². The van der Waals surface area contributed by atoms with E-state index >= 15 is 0 Å². The number of benzene rings is 1. The Morgan fingerprint density at radius 1 is 1.15 bits per heavy atom. The first-order valence-corrected chi connectivity index (χ1v) is 5.16. The van der Waals surface area contributed by atoms with Crippen LogP contribution in [0.3, 0.4) is 0 Å². The maximum absolute atomic E-state index is 5.61. The van der Waals surface area contributed by atoms with Crippen LogP contribution in [0.5, 0.6) is 0 Å². The highest BCUT2D eigenvalue weighted by atomic mass is 32.1. The summed E-state index contributed by atoms with van der Waals surface area (Å²) >= 11 is 2.67. The molecule has 2 N–H and O–H groups in total. The molecular weight excluding hydrogens is 204 g/mol. The monoisotopic (exact) mass is 208 g/mol. The first kappa shape index (κ1) is 7.16. The second-order valence-corrected chi connectivity index (χ2v) is 4.16. The third-order valence-corrected chi connectivity index (χ3v) is 3.25. The number of anilines is 1. The van der Waals surface area contributed by atoms with Crippen LogP contribution in [0, 0.1) is 0 Å². The molecule has 4 nitrogen and oxygen atoms in total. The number of aromatic nitrogens is 3. The minimum absolute atomic E-state index is 0.579. The quantitative estimate of drug-likeness (QED) is 0.612. The molecule has 2 heterocycles. The Morgan fingerprint density at radius 3 is 2.92 bits per heavy atom. The van der Waals surface area contributed by atoms with Crippen molar-refractivity contribution in [1.29, 1.82) is 0 Å². The third-order valence-electron chi connectivity index (χ3n) is 1.80. The van der Waals surface area contributed by atoms with Crippen LogP contribution in [0.4, 0.5) is 5.13 Å². The number of thiazole rings is 1. The van der Waals surface area contributed by atoms with E-state index in [4.69, 9.17) is 5.73 Å². The lowest BCUT2D eigenvalue weighted by molar-refractivity contribution is 1.50. The van der Waals surface area contributed by atoms with E-state index in [-0.39, 0.29) is 0 Å². The number of rotatable bonds is 0. The van der Waals surface area contributed by atoms with Gasteiger partial charge < -0.3 is 5.73 Å². The number of hydrogen-bond acceptors (Lipinski definition) is 6. The van der Waals surface area contributed by atoms with Gasteiger partial charge in [0.25, 0.3) is 0 Å². The molecular formula is C7H4N4S2. The van der Waals surface area contributed by atoms with E-state index in [1.54, 1.807) is 0 Å². The normalized spacial score (nSPS) is 11.4. The predicted octanol–water partition coefficient (Wildman–Crippen LogP) is 1.88. The van der Waals surface area contributed by atoms with Gasteiger partial charge in [-0.25, -0.2) is 4.98 Å². The molecule has 0 aliphatic carbocycles. The average Bonchev–Trinajstić information content (AvgIpc) is 2.65. The van der Waals surface area contributed by atoms with Crippen LogP contribution < -0.4 is 5.73 Å². The summed E-state index contributed by atoms with van der Waals surface area (Å²) in [6.45, 7) is 0. The molecule has 0 spiro atoms. The van der Waals surface area contributed by atoms with Crippen LogP contribution in [0.1, 0.15) is 0 Å². The van der Waals surface area contributed by atoms with Gasteiger partial charge in [0.05, 0.1) is 21.9 Å². The molecule has 0 radical (unpaired) electrons. The fourth-order valence-electron chi connectivity index (χ4n) is 1.25. The summed E-state index contributed by atoms with van der Waals surface area (Å²) in [4.78, 5) is 4.18. The largest absolute Gasteiger partial charge is 0.375 e. The summed E-state index contributed by atoms with van der Waals surface area (Å²) in [7, 11) is 0. The Balaban J connectivity index is 2.64. The lowest BCUT2D eigenvalue weighted by Crippen LogP contribution is -1.78. The smallest absolute Gasteiger partial charge is 0.181 e. The van der Waals surface area contributed by atoms with Gasteiger partial charge in [-0.2, -0.15) is 8.75 Å². The van der Waals surface area contributed by atoms with Crippen LogP contribution in [-0.4, -0.2) is 13.7 Å². The molecule has 0 bridgehead atoms. The zero-order valence-electron chi connectivity index (χ0n) is 6.39. The molecule has 0 atom stereocenters. The summed E-state index contributed by atoms with van der Waals surface area (Å²) < 4.78 is 9.38. The number of fused-ring (bicyclic) bond motifs is 3. The summed E-state index contributed by atoms with van der Waals surface area (Å²) in [5.41, 5.74) is 8.35. The summed E-state index contributed by atoms with van der Waals surface area (Å²) in [6, 6.07) is 3.84. The molecule has 0 saturated heterocycles. The van der Waals surface area contributed by atoms with E-state index in [1.165, 1.54) is 23.1 Å². The van der Waals surface area contributed by atoms with Gasteiger partial charge in [0.1, 0.15) is 11.0 Å². The van der Waals surface area contributed by atoms with Crippen LogP contribution in [0.25, 0.3) is 21.3 Å². The Hall–Kier alpha value is -1.27. The Labute approximate surface area is 81.4 Å². The first-order chi connectivity index (χ1) is 6.34. The summed E-state index contributed by atoms with van der Waals surface area (Å²) in [5, 5.41) is 0.579. The standard InChI is InChI=1S/C7H4N4S2/c8-7-9-4-2-1-3-5(6(4)12-7)11-13-10-3/h1-2H,(H2,8,9). The van der Waals surface area contributed by atoms with Crippen LogP contribution in [-0.2, 0) is 0 Å². The molecule has 0 saturated carbocycles. The van der Waals surface area contributed by atoms with E-state index in [9.17, 15) is 0 Å². The van der Waals surface area contributed by atoms with Gasteiger partial charge in [0.2, 0.25) is 0 Å². The van der Waals surface area contributed by atoms with E-state index in [1.807, 2.05) is 12.1 Å². The van der Waals surface area contributed by atoms with Crippen LogP contribution in [0.15, 0.2) is 12.1 Å². The summed E-state index contributed by atoms with van der Waals surface area (Å²) in [5.74, 6) is 0. The number of hydrogen-bond donors (Lipinski definition) is 1. The number of nitrogen functional groups attached to an aromatic ring is 1. The van der Waals surface area contributed by atoms with E-state index in [0.29, 0.717) is 5.13 Å². The van der Waals surface area contributed by atoms with Crippen molar-refractivity contribution in [3.8, 4) is 0 Å². The molecule has 3 aromatic rings. The molecule has 3 rings (SSSR count). The van der Waals surface area contributed by atoms with E-state index in [2.05, 4.69) is 13.7 Å². The van der Waals surface area contributed by atoms with E-state index < -0.39 is 0 Å². The van der Waals surface area contributed by atoms with Gasteiger partial charge in [0, 0.05) is 0 Å². The molecule has 0 aliphatic heterocycles. The predicted molar refractivity (Wildman–Crippen MR) is 55.0 cm³/mol. The molecule has 0 fully saturated rings. The fourth-order valence-corrected chi connectivity index (χ4v) is 2.67. The van der Waals surface area contributed by atoms with E-state index in [0.717, 1.165) is 21.3 Å². The van der Waals surface area contributed by atoms with Crippen molar-refractivity contribution in [3.63, 3.8) is 0 Å². The minimum atomic E-state index is 0.579. The molecule has 1 aromatic carbocycles. The zero-order chi connectivity index (χ0) is 8.84. The molecule has 0 aliphatic rings. The van der Waals surface area contributed by atoms with Crippen molar-refractivity contribution >= 4 is 49.4 Å². The van der Waals surface area contributed by atoms with Gasteiger partial charge in [-0.05, 0) is 12.1 Å². The highest BCUT2D eigenvalue weighted by molar-refractivity contribution is 7.23. The lowest BCUT2D eigenvalue weighted by atomic mass is 10.3. The SMILES string of the molecule is Nc1nc2ccc3nsnc3c2s1. The molecule has 0 amide bonds. The number of nitrogens with zero attached hydrogens (tertiary/aromatic N) is 3. The van der Waals surface area contributed by atoms with Gasteiger partial charge in [-0.3, -0.25) is 0 Å². The number of nitrogens with two attached hydrogens (primary N) is 1. The molecule has 0 unspecified atom stereocenters. The zero-order valence-corrected chi connectivity index (χ0v) is 8.02. The molecule has 64 valence electrons. The average molecular weight is 208 g/mol. The van der Waals surface area contributed by atoms with Gasteiger partial charge in [0.15, 0.2) is 5.13 Å². The first-order valence-electron chi connectivity index (χ1n) is 3.62. The Bertz CT molecular complexity index is 582. The van der Waals surface area contributed by atoms with Crippen molar-refractivity contribution in [2.75, 3.05) is 5.73 Å². The second-order valence-electron chi connectivity index (χ2n) is 2.60. The third kappa shape index (κ3) is 0.925. The maximum atomic E-state index is 5.61. The fraction of sp³-hybridized carbons (Fsp3) is 0. The highest BCUT2D eigenvalue weighted by Crippen LogP contribution is 2.29. The van der Waals surface area contributed by atoms with Crippen molar-refractivity contribution in [2.24, 2.45) is 0 Å². The van der Waals surface area contributed by atoms with Crippen molar-refractivity contribution in [3.05, 3.63) is 12.1 Å². The van der Waals surface area contributed by atoms with Crippen LogP contribution >= 0.6 is 23.1 Å². The topological polar surface area (TPSA) is 64.7 Å². The van der Waals surface area contributed by atoms with Crippen molar-refractivity contribution < 1.29 is 0 Å². The minimum Gasteiger partial charge on any atom is -0.375 e. The lowest BCUT2D eigenvalue weighted by Gasteiger charge is -1.85. The Morgan fingerprint density at radius 2 is 2.00 bits per heavy atom. The van der Waals surface area contributed by atoms with Gasteiger partial charge in [-0.15, -0.1) is 0 Å². The Kier molecular flexibility index (Phi) is 1.30. The maximum Gasteiger partial charge on any atom is 0.181 e. The van der Waals surface area contributed by atoms with Crippen LogP contribution in [0.2, 0.25) is 0 Å². The molecule has 2 aromatic heterocycles. The highest BCUT2D eigenvalue weighted by Gasteiger charge is 2.07. The van der Waals surface area contributed by atoms with Gasteiger partial charge in [-0.1, -0.05) is 11.3 Å². The van der Waals surface area contributed by atoms with Gasteiger partial charge >= 0.3 is 0 Å². The molecule has 13 heavy (non-hydrogen) atoms. The second kappa shape index (κ2) is 2.36. The molecule has 6 heteroatoms. The summed E-state index contributed by atoms with van der Waals surface area (Å²) in [6.07, 6.45) is 0. The van der Waals surface area contributed by atoms with Crippen molar-refractivity contribution in [1.82, 2.24) is 13.7 Å².